The first kappa shape index (κ1) is 35.9. The van der Waals surface area contributed by atoms with Crippen LogP contribution in [-0.4, -0.2) is 101 Å². The predicted octanol–water partition coefficient (Wildman–Crippen LogP) is 3.48. The third-order valence-electron chi connectivity index (χ3n) is 11.3. The van der Waals surface area contributed by atoms with E-state index in [0.29, 0.717) is 38.0 Å². The van der Waals surface area contributed by atoms with E-state index < -0.39 is 41.2 Å². The number of rotatable bonds is 11. The van der Waals surface area contributed by atoms with E-state index in [1.807, 2.05) is 0 Å². The molecule has 50 heavy (non-hydrogen) atoms. The summed E-state index contributed by atoms with van der Waals surface area (Å²) in [6.07, 6.45) is 3.39. The lowest BCUT2D eigenvalue weighted by atomic mass is 9.70. The van der Waals surface area contributed by atoms with Gasteiger partial charge in [-0.3, -0.25) is 23.9 Å². The summed E-state index contributed by atoms with van der Waals surface area (Å²) < 4.78 is 48.3. The summed E-state index contributed by atoms with van der Waals surface area (Å²) in [5, 5.41) is 9.78. The molecule has 2 N–H and O–H groups in total. The van der Waals surface area contributed by atoms with Crippen molar-refractivity contribution >= 4 is 23.6 Å². The van der Waals surface area contributed by atoms with Gasteiger partial charge in [0.1, 0.15) is 11.9 Å². The summed E-state index contributed by atoms with van der Waals surface area (Å²) in [5.74, 6) is -4.99. The van der Waals surface area contributed by atoms with E-state index >= 15 is 0 Å². The molecule has 14 heteroatoms. The van der Waals surface area contributed by atoms with Crippen LogP contribution in [0.3, 0.4) is 0 Å². The maximum Gasteiger partial charge on any atom is 0.257 e. The lowest BCUT2D eigenvalue weighted by Gasteiger charge is -2.50. The second-order valence-electron chi connectivity index (χ2n) is 15.5. The third-order valence-corrected chi connectivity index (χ3v) is 11.3. The van der Waals surface area contributed by atoms with E-state index in [9.17, 15) is 32.3 Å². The molecule has 2 saturated carbocycles. The van der Waals surface area contributed by atoms with Crippen LogP contribution >= 0.6 is 0 Å². The highest BCUT2D eigenvalue weighted by molar-refractivity contribution is 5.95. The molecule has 4 aliphatic rings. The van der Waals surface area contributed by atoms with Gasteiger partial charge in [-0.05, 0) is 55.2 Å². The van der Waals surface area contributed by atoms with Gasteiger partial charge in [-0.1, -0.05) is 26.0 Å². The molecule has 1 aromatic heterocycles. The molecule has 3 heterocycles. The highest BCUT2D eigenvalue weighted by Crippen LogP contribution is 2.54. The fourth-order valence-electron chi connectivity index (χ4n) is 7.76. The molecule has 272 valence electrons. The Morgan fingerprint density at radius 3 is 2.28 bits per heavy atom. The maximum atomic E-state index is 14.1. The fourth-order valence-corrected chi connectivity index (χ4v) is 7.76. The van der Waals surface area contributed by atoms with E-state index in [-0.39, 0.29) is 67.4 Å². The highest BCUT2D eigenvalue weighted by Gasteiger charge is 2.62. The van der Waals surface area contributed by atoms with Crippen molar-refractivity contribution in [2.24, 2.45) is 28.6 Å². The molecule has 1 aromatic carbocycles. The zero-order valence-corrected chi connectivity index (χ0v) is 29.1. The van der Waals surface area contributed by atoms with E-state index in [4.69, 9.17) is 4.74 Å². The van der Waals surface area contributed by atoms with Crippen LogP contribution in [0.2, 0.25) is 0 Å². The molecule has 2 saturated heterocycles. The lowest BCUT2D eigenvalue weighted by molar-refractivity contribution is -0.152. The quantitative estimate of drug-likeness (QED) is 0.370. The van der Waals surface area contributed by atoms with Crippen molar-refractivity contribution in [3.05, 3.63) is 53.6 Å². The minimum atomic E-state index is -2.66. The Morgan fingerprint density at radius 1 is 1.02 bits per heavy atom. The molecule has 6 rings (SSSR count). The summed E-state index contributed by atoms with van der Waals surface area (Å²) >= 11 is 0. The number of hydrogen-bond donors (Lipinski definition) is 2. The van der Waals surface area contributed by atoms with Gasteiger partial charge in [0.25, 0.3) is 5.91 Å². The zero-order chi connectivity index (χ0) is 36.0. The smallest absolute Gasteiger partial charge is 0.257 e. The minimum absolute atomic E-state index is 0.0531. The summed E-state index contributed by atoms with van der Waals surface area (Å²) in [6.45, 7) is 7.26. The Hall–Kier alpha value is -3.94. The number of carbonyl (C=O) groups excluding carboxylic acids is 4. The summed E-state index contributed by atoms with van der Waals surface area (Å²) in [6, 6.07) is 4.95. The van der Waals surface area contributed by atoms with Gasteiger partial charge in [0.05, 0.1) is 30.3 Å². The Bertz CT molecular complexity index is 1600. The average molecular weight is 701 g/mol. The largest absolute Gasteiger partial charge is 0.376 e. The predicted molar refractivity (Wildman–Crippen MR) is 176 cm³/mol. The molecule has 0 bridgehead atoms. The average Bonchev–Trinajstić information content (AvgIpc) is 3.36. The first-order chi connectivity index (χ1) is 23.6. The number of ether oxygens (including phenoxy) is 1. The van der Waals surface area contributed by atoms with Crippen molar-refractivity contribution in [1.29, 1.82) is 0 Å². The molecule has 0 unspecified atom stereocenters. The van der Waals surface area contributed by atoms with Gasteiger partial charge < -0.3 is 25.2 Å². The lowest BCUT2D eigenvalue weighted by Crippen LogP contribution is -2.65. The van der Waals surface area contributed by atoms with Crippen LogP contribution in [-0.2, 0) is 25.7 Å². The first-order valence-electron chi connectivity index (χ1n) is 17.5. The Kier molecular flexibility index (Phi) is 9.79. The minimum Gasteiger partial charge on any atom is -0.376 e. The zero-order valence-electron chi connectivity index (χ0n) is 29.1. The van der Waals surface area contributed by atoms with Crippen LogP contribution in [0.15, 0.2) is 36.7 Å². The van der Waals surface area contributed by atoms with E-state index in [1.165, 1.54) is 25.4 Å². The second kappa shape index (κ2) is 13.6. The Labute approximate surface area is 290 Å². The normalized spacial score (nSPS) is 24.7. The topological polar surface area (TPSA) is 126 Å². The fraction of sp³-hybridized carbons (Fsp3) is 0.639. The van der Waals surface area contributed by atoms with Crippen molar-refractivity contribution < 1.29 is 37.1 Å². The monoisotopic (exact) mass is 700 g/mol. The molecular formula is C36H47F3N6O5. The van der Waals surface area contributed by atoms with Gasteiger partial charge in [-0.25, -0.2) is 13.2 Å². The number of amides is 4. The number of aromatic nitrogens is 2. The SMILES string of the molecule is CNC(=O)[C@@H](NC(=O)[C@H]1CN(C(=O)c2cnn(Cc3ccc(F)cc3)c2)CC12CN(C(=O)[C@H]1CC1(C)C)C2)[C@@H](C)OCC1CCC(F)(F)CC1. The van der Waals surface area contributed by atoms with E-state index in [2.05, 4.69) is 29.6 Å². The van der Waals surface area contributed by atoms with Crippen LogP contribution in [0.25, 0.3) is 0 Å². The number of alkyl halides is 2. The molecule has 2 aliphatic carbocycles. The molecule has 1 spiro atoms. The van der Waals surface area contributed by atoms with Crippen LogP contribution in [0.4, 0.5) is 13.2 Å². The van der Waals surface area contributed by atoms with E-state index in [0.717, 1.165) is 12.0 Å². The van der Waals surface area contributed by atoms with Crippen LogP contribution in [0, 0.1) is 34.4 Å². The standard InChI is InChI=1S/C36H47F3N6O5/c1-22(50-18-24-9-11-36(38,39)12-10-24)29(31(47)40-4)42-30(46)28-17-43(19-35(28)20-44(21-35)33(49)27-13-34(27,2)3)32(48)25-14-41-45(16-25)15-23-5-7-26(37)8-6-23/h5-8,14,16,22,24,27-29H,9-13,15,17-21H2,1-4H3,(H,40,47)(H,42,46)/t22-,27-,28-,29+/m1/s1. The van der Waals surface area contributed by atoms with Gasteiger partial charge in [-0.2, -0.15) is 5.10 Å². The number of likely N-dealkylation sites (N-methyl/N-ethyl adjacent to an activating group) is 1. The number of halogens is 3. The van der Waals surface area contributed by atoms with Crippen molar-refractivity contribution in [1.82, 2.24) is 30.2 Å². The summed E-state index contributed by atoms with van der Waals surface area (Å²) in [4.78, 5) is 57.6. The molecular weight excluding hydrogens is 653 g/mol. The molecule has 0 radical (unpaired) electrons. The van der Waals surface area contributed by atoms with E-state index in [1.54, 1.807) is 39.7 Å². The first-order valence-corrected chi connectivity index (χ1v) is 17.5. The molecule has 4 amide bonds. The number of likely N-dealkylation sites (tertiary alicyclic amines) is 2. The number of nitrogens with zero attached hydrogens (tertiary/aromatic N) is 4. The number of benzene rings is 1. The van der Waals surface area contributed by atoms with Crippen molar-refractivity contribution in [3.8, 4) is 0 Å². The second-order valence-corrected chi connectivity index (χ2v) is 15.5. The number of hydrogen-bond acceptors (Lipinski definition) is 6. The van der Waals surface area contributed by atoms with Crippen molar-refractivity contribution in [2.75, 3.05) is 39.8 Å². The maximum absolute atomic E-state index is 14.1. The molecule has 2 aliphatic heterocycles. The third kappa shape index (κ3) is 7.54. The molecule has 11 nitrogen and oxygen atoms in total. The van der Waals surface area contributed by atoms with Crippen molar-refractivity contribution in [3.63, 3.8) is 0 Å². The van der Waals surface area contributed by atoms with Gasteiger partial charge in [0.15, 0.2) is 0 Å². The summed E-state index contributed by atoms with van der Waals surface area (Å²) in [7, 11) is 1.46. The van der Waals surface area contributed by atoms with Gasteiger partial charge in [0.2, 0.25) is 23.6 Å². The molecule has 2 aromatic rings. The van der Waals surface area contributed by atoms with Crippen LogP contribution in [0.5, 0.6) is 0 Å². The van der Waals surface area contributed by atoms with Crippen LogP contribution in [0.1, 0.15) is 68.8 Å². The van der Waals surface area contributed by atoms with Gasteiger partial charge >= 0.3 is 0 Å². The summed E-state index contributed by atoms with van der Waals surface area (Å²) in [5.41, 5.74) is 0.384. The highest BCUT2D eigenvalue weighted by atomic mass is 19.3. The molecule has 4 fully saturated rings. The Balaban J connectivity index is 1.15. The van der Waals surface area contributed by atoms with Gasteiger partial charge in [-0.15, -0.1) is 0 Å². The molecule has 4 atom stereocenters. The Morgan fingerprint density at radius 2 is 1.66 bits per heavy atom. The van der Waals surface area contributed by atoms with Crippen molar-refractivity contribution in [2.45, 2.75) is 77.5 Å². The van der Waals surface area contributed by atoms with Gasteiger partial charge in [0, 0.05) is 70.2 Å². The number of nitrogens with one attached hydrogen (secondary N) is 2. The van der Waals surface area contributed by atoms with Crippen LogP contribution < -0.4 is 10.6 Å². The number of carbonyl (C=O) groups is 4.